The number of hydrogen-bond donors (Lipinski definition) is 2. The number of hydrogen-bond acceptors (Lipinski definition) is 5. The molecule has 2 unspecified atom stereocenters. The Morgan fingerprint density at radius 1 is 1.71 bits per heavy atom. The molecule has 3 heterocycles. The summed E-state index contributed by atoms with van der Waals surface area (Å²) in [5.74, 6) is -0.601. The number of aromatic nitrogens is 2. The van der Waals surface area contributed by atoms with Crippen LogP contribution in [0, 0.1) is 12.3 Å². The molecule has 1 aromatic heterocycles. The topological polar surface area (TPSA) is 100 Å². The maximum absolute atomic E-state index is 11.8. The van der Waals surface area contributed by atoms with E-state index >= 15 is 0 Å². The van der Waals surface area contributed by atoms with Crippen LogP contribution in [0.2, 0.25) is 0 Å². The van der Waals surface area contributed by atoms with Gasteiger partial charge in [0.2, 0.25) is 5.91 Å². The average molecular weight is 309 g/mol. The third-order valence-corrected chi connectivity index (χ3v) is 5.62. The highest BCUT2D eigenvalue weighted by Gasteiger charge is 2.57. The first kappa shape index (κ1) is 14.3. The molecule has 2 aliphatic heterocycles. The largest absolute Gasteiger partial charge is 0.481 e. The van der Waals surface area contributed by atoms with Crippen LogP contribution in [-0.2, 0) is 16.1 Å². The minimum atomic E-state index is -0.991. The van der Waals surface area contributed by atoms with E-state index in [0.717, 1.165) is 5.69 Å². The van der Waals surface area contributed by atoms with Gasteiger partial charge >= 0.3 is 5.97 Å². The monoisotopic (exact) mass is 309 g/mol. The summed E-state index contributed by atoms with van der Waals surface area (Å²) < 4.78 is 1.82. The number of nitrogens with zero attached hydrogens (tertiary/aromatic N) is 3. The summed E-state index contributed by atoms with van der Waals surface area (Å²) >= 11 is 1.45. The minimum absolute atomic E-state index is 0.0749. The summed E-state index contributed by atoms with van der Waals surface area (Å²) in [5, 5.41) is 9.61. The van der Waals surface area contributed by atoms with Crippen LogP contribution < -0.4 is 10.3 Å². The lowest BCUT2D eigenvalue weighted by atomic mass is 9.87. The van der Waals surface area contributed by atoms with Crippen molar-refractivity contribution in [3.63, 3.8) is 0 Å². The first-order valence-electron chi connectivity index (χ1n) is 6.66. The first-order valence-corrected chi connectivity index (χ1v) is 7.71. The lowest BCUT2D eigenvalue weighted by Gasteiger charge is -2.51. The molecule has 3 atom stereocenters. The molecule has 112 valence electrons. The number of aliphatic carboxylic acids is 1. The Balaban J connectivity index is 1.84. The third kappa shape index (κ3) is 2.28. The second-order valence-electron chi connectivity index (χ2n) is 5.65. The van der Waals surface area contributed by atoms with E-state index in [9.17, 15) is 14.7 Å². The number of carboxylic acids is 1. The van der Waals surface area contributed by atoms with Gasteiger partial charge in [0.15, 0.2) is 24.4 Å². The van der Waals surface area contributed by atoms with Crippen molar-refractivity contribution < 1.29 is 19.3 Å². The fourth-order valence-corrected chi connectivity index (χ4v) is 4.30. The zero-order valence-corrected chi connectivity index (χ0v) is 12.4. The van der Waals surface area contributed by atoms with Gasteiger partial charge in [-0.3, -0.25) is 9.59 Å². The summed E-state index contributed by atoms with van der Waals surface area (Å²) in [7, 11) is 0. The van der Waals surface area contributed by atoms with Gasteiger partial charge in [-0.1, -0.05) is 0 Å². The van der Waals surface area contributed by atoms with Crippen molar-refractivity contribution >= 4 is 23.6 Å². The number of fused-ring (bicyclic) bond motifs is 1. The lowest BCUT2D eigenvalue weighted by molar-refractivity contribution is -0.707. The van der Waals surface area contributed by atoms with Crippen LogP contribution in [0.5, 0.6) is 0 Å². The fourth-order valence-electron chi connectivity index (χ4n) is 2.82. The second kappa shape index (κ2) is 4.96. The third-order valence-electron chi connectivity index (χ3n) is 4.01. The fraction of sp³-hybridized carbons (Fsp3) is 0.538. The zero-order valence-electron chi connectivity index (χ0n) is 11.6. The zero-order chi connectivity index (χ0) is 15.2. The van der Waals surface area contributed by atoms with Crippen molar-refractivity contribution in [3.8, 4) is 0 Å². The number of nitrogens with two attached hydrogens (primary N) is 1. The number of carbonyl (C=O) groups excluding carboxylic acids is 1. The van der Waals surface area contributed by atoms with Crippen molar-refractivity contribution in [1.82, 2.24) is 9.88 Å². The van der Waals surface area contributed by atoms with Gasteiger partial charge in [0, 0.05) is 12.3 Å². The summed E-state index contributed by atoms with van der Waals surface area (Å²) in [5.41, 5.74) is 5.57. The predicted molar refractivity (Wildman–Crippen MR) is 75.2 cm³/mol. The SMILES string of the molecule is Cc1c[n+](CC2(C(=O)O)CS[C@@H]3C(N)C(=O)N3C2)ccn1. The molecule has 7 nitrogen and oxygen atoms in total. The summed E-state index contributed by atoms with van der Waals surface area (Å²) in [6, 6.07) is -0.488. The van der Waals surface area contributed by atoms with E-state index in [1.165, 1.54) is 11.8 Å². The Kier molecular flexibility index (Phi) is 3.37. The van der Waals surface area contributed by atoms with Crippen LogP contribution in [0.4, 0.5) is 0 Å². The number of β-lactam (4-membered cyclic amide) rings is 1. The first-order chi connectivity index (χ1) is 9.93. The Labute approximate surface area is 126 Å². The highest BCUT2D eigenvalue weighted by molar-refractivity contribution is 8.00. The number of carbonyl (C=O) groups is 2. The Bertz CT molecular complexity index is 611. The maximum Gasteiger partial charge on any atom is 0.318 e. The van der Waals surface area contributed by atoms with Crippen LogP contribution in [0.1, 0.15) is 5.69 Å². The Morgan fingerprint density at radius 3 is 3.14 bits per heavy atom. The standard InChI is InChI=1S/C13H16N4O3S/c1-8-4-16(3-2-15-8)5-13(12(19)20)6-17-10(18)9(14)11(17)21-7-13/h2-4,9,11H,5-7,14H2,1H3/p+1/t9?,11-,13?/m1/s1. The van der Waals surface area contributed by atoms with Gasteiger partial charge in [-0.2, -0.15) is 0 Å². The van der Waals surface area contributed by atoms with E-state index in [2.05, 4.69) is 4.98 Å². The van der Waals surface area contributed by atoms with Crippen LogP contribution in [0.3, 0.4) is 0 Å². The normalized spacial score (nSPS) is 31.5. The van der Waals surface area contributed by atoms with Crippen LogP contribution >= 0.6 is 11.8 Å². The van der Waals surface area contributed by atoms with E-state index in [0.29, 0.717) is 12.3 Å². The summed E-state index contributed by atoms with van der Waals surface area (Å²) in [6.45, 7) is 2.37. The van der Waals surface area contributed by atoms with Crippen LogP contribution in [-0.4, -0.2) is 50.6 Å². The summed E-state index contributed by atoms with van der Waals surface area (Å²) in [4.78, 5) is 29.3. The number of aryl methyl sites for hydroxylation is 1. The summed E-state index contributed by atoms with van der Waals surface area (Å²) in [6.07, 6.45) is 5.21. The average Bonchev–Trinajstić information content (AvgIpc) is 2.46. The molecule has 3 rings (SSSR count). The molecule has 0 aromatic carbocycles. The van der Waals surface area contributed by atoms with Crippen molar-refractivity contribution in [2.75, 3.05) is 12.3 Å². The number of rotatable bonds is 3. The molecule has 1 aromatic rings. The van der Waals surface area contributed by atoms with Gasteiger partial charge in [0.05, 0.1) is 6.20 Å². The molecule has 1 amide bonds. The Hall–Kier alpha value is -1.67. The lowest BCUT2D eigenvalue weighted by Crippen LogP contribution is -2.73. The molecule has 0 radical (unpaired) electrons. The van der Waals surface area contributed by atoms with Crippen LogP contribution in [0.15, 0.2) is 18.6 Å². The highest BCUT2D eigenvalue weighted by Crippen LogP contribution is 2.41. The van der Waals surface area contributed by atoms with Gasteiger partial charge in [-0.05, 0) is 6.92 Å². The molecule has 2 aliphatic rings. The van der Waals surface area contributed by atoms with E-state index in [1.54, 1.807) is 17.3 Å². The van der Waals surface area contributed by atoms with Crippen molar-refractivity contribution in [2.24, 2.45) is 11.1 Å². The van der Waals surface area contributed by atoms with Crippen LogP contribution in [0.25, 0.3) is 0 Å². The van der Waals surface area contributed by atoms with Crippen molar-refractivity contribution in [2.45, 2.75) is 24.9 Å². The highest BCUT2D eigenvalue weighted by atomic mass is 32.2. The molecule has 3 N–H and O–H groups in total. The number of thioether (sulfide) groups is 1. The van der Waals surface area contributed by atoms with E-state index in [1.807, 2.05) is 17.7 Å². The molecule has 0 aliphatic carbocycles. The maximum atomic E-state index is 11.8. The minimum Gasteiger partial charge on any atom is -0.481 e. The molecule has 21 heavy (non-hydrogen) atoms. The Morgan fingerprint density at radius 2 is 2.48 bits per heavy atom. The number of amides is 1. The molecule has 8 heteroatoms. The molecule has 0 saturated carbocycles. The quantitative estimate of drug-likeness (QED) is 0.548. The van der Waals surface area contributed by atoms with Crippen molar-refractivity contribution in [1.29, 1.82) is 0 Å². The molecule has 2 fully saturated rings. The molecule has 0 bridgehead atoms. The molecule has 0 spiro atoms. The van der Waals surface area contributed by atoms with Gasteiger partial charge in [-0.25, -0.2) is 9.55 Å². The smallest absolute Gasteiger partial charge is 0.318 e. The molecular formula is C13H17N4O3S+. The number of carboxylic acid groups (broad SMARTS) is 1. The van der Waals surface area contributed by atoms with E-state index < -0.39 is 17.4 Å². The van der Waals surface area contributed by atoms with Gasteiger partial charge in [-0.15, -0.1) is 11.8 Å². The van der Waals surface area contributed by atoms with Gasteiger partial charge in [0.1, 0.15) is 17.1 Å². The van der Waals surface area contributed by atoms with E-state index in [4.69, 9.17) is 5.73 Å². The molecule has 2 saturated heterocycles. The van der Waals surface area contributed by atoms with Crippen molar-refractivity contribution in [3.05, 3.63) is 24.3 Å². The predicted octanol–water partition coefficient (Wildman–Crippen LogP) is -1.01. The van der Waals surface area contributed by atoms with Gasteiger partial charge in [0.25, 0.3) is 0 Å². The van der Waals surface area contributed by atoms with E-state index in [-0.39, 0.29) is 17.8 Å². The second-order valence-corrected chi connectivity index (χ2v) is 6.75. The van der Waals surface area contributed by atoms with Gasteiger partial charge < -0.3 is 15.7 Å². The molecular weight excluding hydrogens is 292 g/mol.